The highest BCUT2D eigenvalue weighted by Gasteiger charge is 2.46. The van der Waals surface area contributed by atoms with Crippen LogP contribution in [0.15, 0.2) is 182 Å². The van der Waals surface area contributed by atoms with E-state index in [0.717, 1.165) is 54.1 Å². The highest BCUT2D eigenvalue weighted by Crippen LogP contribution is 2.35. The van der Waals surface area contributed by atoms with Crippen LogP contribution in [-0.4, -0.2) is 110 Å². The van der Waals surface area contributed by atoms with Gasteiger partial charge in [0.05, 0.1) is 32.1 Å². The molecular formula is C67H79N5O6. The van der Waals surface area contributed by atoms with E-state index in [1.165, 1.54) is 71.0 Å². The van der Waals surface area contributed by atoms with Gasteiger partial charge in [0, 0.05) is 32.6 Å². The average molecular weight is 1050 g/mol. The van der Waals surface area contributed by atoms with Crippen LogP contribution in [0.2, 0.25) is 0 Å². The molecule has 408 valence electrons. The maximum atomic E-state index is 14.2. The molecule has 2 unspecified atom stereocenters. The maximum absolute atomic E-state index is 14.2. The molecule has 11 heteroatoms. The van der Waals surface area contributed by atoms with E-state index < -0.39 is 23.9 Å². The first-order chi connectivity index (χ1) is 38.1. The molecule has 0 aromatic heterocycles. The van der Waals surface area contributed by atoms with Crippen molar-refractivity contribution >= 4 is 23.8 Å². The third-order valence-corrected chi connectivity index (χ3v) is 15.5. The van der Waals surface area contributed by atoms with E-state index in [1.807, 2.05) is 121 Å². The lowest BCUT2D eigenvalue weighted by Crippen LogP contribution is -2.46. The first-order valence-electron chi connectivity index (χ1n) is 27.9. The quantitative estimate of drug-likeness (QED) is 0.112. The molecule has 78 heavy (non-hydrogen) atoms. The molecule has 6 aromatic carbocycles. The summed E-state index contributed by atoms with van der Waals surface area (Å²) in [4.78, 5) is 58.7. The molecule has 4 fully saturated rings. The first kappa shape index (κ1) is 58.3. The zero-order valence-electron chi connectivity index (χ0n) is 46.1. The van der Waals surface area contributed by atoms with Gasteiger partial charge in [-0.3, -0.25) is 14.5 Å². The molecule has 0 bridgehead atoms. The van der Waals surface area contributed by atoms with Crippen LogP contribution in [-0.2, 0) is 41.5 Å². The molecule has 10 rings (SSSR count). The van der Waals surface area contributed by atoms with Crippen molar-refractivity contribution in [3.05, 3.63) is 215 Å². The van der Waals surface area contributed by atoms with Crippen molar-refractivity contribution in [2.45, 2.75) is 95.2 Å². The predicted molar refractivity (Wildman–Crippen MR) is 308 cm³/mol. The topological polar surface area (TPSA) is 132 Å². The lowest BCUT2D eigenvalue weighted by molar-refractivity contribution is -0.151. The highest BCUT2D eigenvalue weighted by atomic mass is 16.5. The Bertz CT molecular complexity index is 2700. The normalized spacial score (nSPS) is 20.8. The molecular weight excluding hydrogens is 971 g/mol. The number of hydrogen-bond acceptors (Lipinski definition) is 9. The molecule has 0 aliphatic carbocycles. The Labute approximate surface area is 463 Å². The summed E-state index contributed by atoms with van der Waals surface area (Å²) in [6.07, 6.45) is 8.67. The number of carbonyl (C=O) groups excluding carboxylic acids is 4. The molecule has 6 atom stereocenters. The van der Waals surface area contributed by atoms with Crippen LogP contribution in [0.25, 0.3) is 0 Å². The van der Waals surface area contributed by atoms with Gasteiger partial charge in [-0.15, -0.1) is 0 Å². The van der Waals surface area contributed by atoms with Crippen molar-refractivity contribution in [3.63, 3.8) is 0 Å². The molecule has 2 amide bonds. The minimum absolute atomic E-state index is 0.0341. The maximum Gasteiger partial charge on any atom is 0.328 e. The fraction of sp³-hybridized carbons (Fsp3) is 0.388. The number of methoxy groups -OCH3 is 2. The smallest absolute Gasteiger partial charge is 0.328 e. The zero-order chi connectivity index (χ0) is 55.1. The van der Waals surface area contributed by atoms with Gasteiger partial charge in [-0.25, -0.2) is 9.59 Å². The molecule has 0 spiro atoms. The molecule has 4 heterocycles. The minimum atomic E-state index is -0.563. The van der Waals surface area contributed by atoms with E-state index in [0.29, 0.717) is 31.8 Å². The summed E-state index contributed by atoms with van der Waals surface area (Å²) < 4.78 is 10.1. The van der Waals surface area contributed by atoms with Crippen molar-refractivity contribution in [2.75, 3.05) is 53.5 Å². The predicted octanol–water partition coefficient (Wildman–Crippen LogP) is 10.9. The summed E-state index contributed by atoms with van der Waals surface area (Å²) in [7, 11) is 2.79. The molecule has 4 aliphatic rings. The van der Waals surface area contributed by atoms with Gasteiger partial charge in [0.1, 0.15) is 12.1 Å². The third-order valence-electron chi connectivity index (χ3n) is 15.5. The van der Waals surface area contributed by atoms with Gasteiger partial charge < -0.3 is 24.6 Å². The highest BCUT2D eigenvalue weighted by molar-refractivity contribution is 5.92. The summed E-state index contributed by atoms with van der Waals surface area (Å²) in [5, 5.41) is 10.8. The average Bonchev–Trinajstić information content (AvgIpc) is 4.13. The minimum Gasteiger partial charge on any atom is -0.467 e. The molecule has 4 aliphatic heterocycles. The van der Waals surface area contributed by atoms with Crippen LogP contribution in [0, 0.1) is 29.1 Å². The SMILES string of the molecule is CC#N.COC(=O)[C@@H]1C[C@@H](C)CN1C(=O)C(c1ccccc1)c1ccccc1.COC(=O)[C@@H]1C[C@H](N2CCCC(Cc3ccccc3)C2)CN1C(=O)C(c1ccccc1)c1ccccc1.c1ccc(CC2CCCNC2)cc1. The second-order valence-corrected chi connectivity index (χ2v) is 21.1. The van der Waals surface area contributed by atoms with E-state index in [9.17, 15) is 19.2 Å². The molecule has 11 nitrogen and oxygen atoms in total. The van der Waals surface area contributed by atoms with E-state index in [4.69, 9.17) is 14.7 Å². The van der Waals surface area contributed by atoms with Crippen molar-refractivity contribution in [3.8, 4) is 6.07 Å². The van der Waals surface area contributed by atoms with Gasteiger partial charge in [0.15, 0.2) is 0 Å². The Morgan fingerprint density at radius 3 is 1.35 bits per heavy atom. The van der Waals surface area contributed by atoms with E-state index in [-0.39, 0.29) is 35.7 Å². The third kappa shape index (κ3) is 16.3. The summed E-state index contributed by atoms with van der Waals surface area (Å²) >= 11 is 0. The number of hydrogen-bond donors (Lipinski definition) is 1. The molecule has 0 saturated carbocycles. The lowest BCUT2D eigenvalue weighted by atomic mass is 9.90. The van der Waals surface area contributed by atoms with Gasteiger partial charge >= 0.3 is 11.9 Å². The van der Waals surface area contributed by atoms with Gasteiger partial charge in [-0.1, -0.05) is 189 Å². The van der Waals surface area contributed by atoms with Gasteiger partial charge in [-0.2, -0.15) is 5.26 Å². The Kier molecular flexibility index (Phi) is 22.8. The van der Waals surface area contributed by atoms with Crippen molar-refractivity contribution in [1.29, 1.82) is 5.26 Å². The van der Waals surface area contributed by atoms with Crippen LogP contribution in [0.5, 0.6) is 0 Å². The summed E-state index contributed by atoms with van der Waals surface area (Å²) in [5.41, 5.74) is 6.59. The van der Waals surface area contributed by atoms with Gasteiger partial charge in [-0.05, 0) is 122 Å². The Hall–Kier alpha value is -7.39. The number of nitrogens with zero attached hydrogens (tertiary/aromatic N) is 4. The van der Waals surface area contributed by atoms with Crippen molar-refractivity contribution in [1.82, 2.24) is 20.0 Å². The Morgan fingerprint density at radius 1 is 0.551 bits per heavy atom. The summed E-state index contributed by atoms with van der Waals surface area (Å²) in [5.74, 6) is 0.104. The molecule has 1 N–H and O–H groups in total. The van der Waals surface area contributed by atoms with Crippen LogP contribution in [0.1, 0.15) is 97.6 Å². The number of piperidine rings is 2. The monoisotopic (exact) mass is 1050 g/mol. The van der Waals surface area contributed by atoms with E-state index in [1.54, 1.807) is 15.9 Å². The number of benzene rings is 6. The molecule has 4 saturated heterocycles. The number of likely N-dealkylation sites (tertiary alicyclic amines) is 3. The standard InChI is InChI=1S/C32H36N2O3.C21H23NO3.C12H17N.C2H3N/c1-37-32(36)29-21-28(33-19-11-14-25(22-33)20-24-12-5-2-6-13-24)23-34(29)31(35)30(26-15-7-3-8-16-26)27-17-9-4-10-18-27;1-15-13-18(21(24)25-2)22(14-15)20(23)19(16-9-5-3-6-10-16)17-11-7-4-8-12-17;1-2-5-11(6-3-1)9-12-7-4-8-13-10-12;1-2-3/h2-10,12-13,15-18,25,28-30H,11,14,19-23H2,1H3;3-12,15,18-19H,13-14H2,1-2H3;1-3,5-6,12-13H,4,7-10H2;1H3/t25?,28-,29-;15-,18+;;/m01../s1. The second-order valence-electron chi connectivity index (χ2n) is 21.1. The van der Waals surface area contributed by atoms with Crippen LogP contribution < -0.4 is 5.32 Å². The second kappa shape index (κ2) is 30.5. The van der Waals surface area contributed by atoms with Gasteiger partial charge in [0.2, 0.25) is 11.8 Å². The molecule has 6 aromatic rings. The number of ether oxygens (including phenoxy) is 2. The number of esters is 2. The van der Waals surface area contributed by atoms with Gasteiger partial charge in [0.25, 0.3) is 0 Å². The number of nitrogens with one attached hydrogen (secondary N) is 1. The van der Waals surface area contributed by atoms with Crippen LogP contribution in [0.3, 0.4) is 0 Å². The van der Waals surface area contributed by atoms with Crippen molar-refractivity contribution in [2.24, 2.45) is 17.8 Å². The zero-order valence-corrected chi connectivity index (χ0v) is 46.1. The van der Waals surface area contributed by atoms with E-state index >= 15 is 0 Å². The fourth-order valence-corrected chi connectivity index (χ4v) is 11.8. The van der Waals surface area contributed by atoms with Crippen LogP contribution in [0.4, 0.5) is 0 Å². The number of carbonyl (C=O) groups is 4. The summed E-state index contributed by atoms with van der Waals surface area (Å²) in [6.45, 7) is 9.04. The van der Waals surface area contributed by atoms with Crippen molar-refractivity contribution < 1.29 is 28.7 Å². The number of amides is 2. The van der Waals surface area contributed by atoms with Crippen LogP contribution >= 0.6 is 0 Å². The van der Waals surface area contributed by atoms with E-state index in [2.05, 4.69) is 77.8 Å². The fourth-order valence-electron chi connectivity index (χ4n) is 11.8. The molecule has 0 radical (unpaired) electrons. The lowest BCUT2D eigenvalue weighted by Gasteiger charge is -2.37. The Morgan fingerprint density at radius 2 is 0.936 bits per heavy atom. The number of rotatable bonds is 13. The largest absolute Gasteiger partial charge is 0.467 e. The number of nitriles is 1. The summed E-state index contributed by atoms with van der Waals surface area (Å²) in [6, 6.07) is 61.5. The Balaban J connectivity index is 0.000000184. The first-order valence-corrected chi connectivity index (χ1v) is 27.9.